The smallest absolute Gasteiger partial charge is 0.254 e. The lowest BCUT2D eigenvalue weighted by Gasteiger charge is -2.25. The SMILES string of the molecule is CC(c1cccnc1)N(C)C(=O)c1ccc(-c2cn(-c3ccccc3)cn2)cc1. The van der Waals surface area contributed by atoms with Crippen LogP contribution in [-0.4, -0.2) is 32.4 Å². The van der Waals surface area contributed by atoms with Crippen LogP contribution in [0.2, 0.25) is 0 Å². The van der Waals surface area contributed by atoms with Gasteiger partial charge < -0.3 is 9.47 Å². The molecule has 0 aliphatic rings. The summed E-state index contributed by atoms with van der Waals surface area (Å²) in [6.45, 7) is 2.00. The van der Waals surface area contributed by atoms with E-state index in [9.17, 15) is 4.79 Å². The van der Waals surface area contributed by atoms with Crippen LogP contribution in [-0.2, 0) is 0 Å². The fourth-order valence-electron chi connectivity index (χ4n) is 3.22. The summed E-state index contributed by atoms with van der Waals surface area (Å²) < 4.78 is 1.98. The number of aromatic nitrogens is 3. The molecule has 0 bridgehead atoms. The van der Waals surface area contributed by atoms with Gasteiger partial charge in [-0.1, -0.05) is 36.4 Å². The summed E-state index contributed by atoms with van der Waals surface area (Å²) in [5.74, 6) is -0.0253. The van der Waals surface area contributed by atoms with Crippen molar-refractivity contribution >= 4 is 5.91 Å². The van der Waals surface area contributed by atoms with Gasteiger partial charge in [0.15, 0.2) is 0 Å². The summed E-state index contributed by atoms with van der Waals surface area (Å²) in [5, 5.41) is 0. The number of hydrogen-bond acceptors (Lipinski definition) is 3. The number of amides is 1. The van der Waals surface area contributed by atoms with Crippen LogP contribution in [0.1, 0.15) is 28.9 Å². The molecule has 0 saturated heterocycles. The molecule has 0 saturated carbocycles. The third-order valence-electron chi connectivity index (χ3n) is 5.13. The van der Waals surface area contributed by atoms with E-state index in [-0.39, 0.29) is 11.9 Å². The van der Waals surface area contributed by atoms with Crippen molar-refractivity contribution in [1.82, 2.24) is 19.4 Å². The highest BCUT2D eigenvalue weighted by Crippen LogP contribution is 2.23. The zero-order valence-electron chi connectivity index (χ0n) is 16.4. The van der Waals surface area contributed by atoms with Crippen LogP contribution in [0.5, 0.6) is 0 Å². The fourth-order valence-corrected chi connectivity index (χ4v) is 3.22. The average Bonchev–Trinajstić information content (AvgIpc) is 3.29. The second kappa shape index (κ2) is 8.10. The molecule has 144 valence electrons. The highest BCUT2D eigenvalue weighted by atomic mass is 16.2. The molecule has 0 fully saturated rings. The summed E-state index contributed by atoms with van der Waals surface area (Å²) in [6.07, 6.45) is 7.31. The molecule has 0 aliphatic carbocycles. The van der Waals surface area contributed by atoms with Crippen LogP contribution in [0.15, 0.2) is 91.6 Å². The minimum atomic E-state index is -0.0579. The van der Waals surface area contributed by atoms with Crippen LogP contribution in [0.4, 0.5) is 0 Å². The molecule has 0 aliphatic heterocycles. The van der Waals surface area contributed by atoms with Crippen molar-refractivity contribution in [2.75, 3.05) is 7.05 Å². The van der Waals surface area contributed by atoms with E-state index in [1.165, 1.54) is 0 Å². The zero-order chi connectivity index (χ0) is 20.2. The second-order valence-electron chi connectivity index (χ2n) is 6.96. The van der Waals surface area contributed by atoms with Crippen molar-refractivity contribution in [3.63, 3.8) is 0 Å². The molecule has 2 heterocycles. The maximum atomic E-state index is 12.9. The Kier molecular flexibility index (Phi) is 5.20. The number of carbonyl (C=O) groups is 1. The molecule has 1 unspecified atom stereocenters. The Balaban J connectivity index is 1.51. The molecule has 2 aromatic heterocycles. The first-order valence-electron chi connectivity index (χ1n) is 9.50. The van der Waals surface area contributed by atoms with Crippen LogP contribution < -0.4 is 0 Å². The van der Waals surface area contributed by atoms with E-state index >= 15 is 0 Å². The predicted molar refractivity (Wildman–Crippen MR) is 114 cm³/mol. The highest BCUT2D eigenvalue weighted by Gasteiger charge is 2.19. The summed E-state index contributed by atoms with van der Waals surface area (Å²) in [6, 6.07) is 21.4. The van der Waals surface area contributed by atoms with Gasteiger partial charge in [-0.3, -0.25) is 9.78 Å². The highest BCUT2D eigenvalue weighted by molar-refractivity contribution is 5.94. The Hall–Kier alpha value is -3.73. The lowest BCUT2D eigenvalue weighted by atomic mass is 10.1. The lowest BCUT2D eigenvalue weighted by Crippen LogP contribution is -2.29. The van der Waals surface area contributed by atoms with Gasteiger partial charge in [0.1, 0.15) is 0 Å². The van der Waals surface area contributed by atoms with Gasteiger partial charge in [0, 0.05) is 42.5 Å². The van der Waals surface area contributed by atoms with Gasteiger partial charge in [0.25, 0.3) is 5.91 Å². The number of pyridine rings is 1. The molecule has 1 atom stereocenters. The van der Waals surface area contributed by atoms with Crippen LogP contribution in [0.25, 0.3) is 16.9 Å². The Bertz CT molecular complexity index is 1090. The molecule has 4 rings (SSSR count). The normalized spacial score (nSPS) is 11.8. The molecule has 4 aromatic rings. The quantitative estimate of drug-likeness (QED) is 0.500. The topological polar surface area (TPSA) is 51.0 Å². The molecule has 5 heteroatoms. The molecule has 2 aromatic carbocycles. The Morgan fingerprint density at radius 2 is 1.76 bits per heavy atom. The largest absolute Gasteiger partial charge is 0.335 e. The molecule has 0 N–H and O–H groups in total. The molecule has 0 spiro atoms. The lowest BCUT2D eigenvalue weighted by molar-refractivity contribution is 0.0742. The number of benzene rings is 2. The van der Waals surface area contributed by atoms with Crippen molar-refractivity contribution in [2.45, 2.75) is 13.0 Å². The van der Waals surface area contributed by atoms with E-state index in [1.807, 2.05) is 91.5 Å². The van der Waals surface area contributed by atoms with Crippen molar-refractivity contribution in [2.24, 2.45) is 0 Å². The van der Waals surface area contributed by atoms with E-state index < -0.39 is 0 Å². The van der Waals surface area contributed by atoms with Gasteiger partial charge in [0.2, 0.25) is 0 Å². The molecule has 1 amide bonds. The van der Waals surface area contributed by atoms with E-state index in [1.54, 1.807) is 23.6 Å². The van der Waals surface area contributed by atoms with Gasteiger partial charge in [-0.15, -0.1) is 0 Å². The van der Waals surface area contributed by atoms with Crippen molar-refractivity contribution < 1.29 is 4.79 Å². The average molecular weight is 382 g/mol. The Labute approximate surface area is 170 Å². The minimum absolute atomic E-state index is 0.0253. The number of para-hydroxylation sites is 1. The Morgan fingerprint density at radius 3 is 2.45 bits per heavy atom. The summed E-state index contributed by atoms with van der Waals surface area (Å²) in [5.41, 5.74) is 4.55. The number of hydrogen-bond donors (Lipinski definition) is 0. The monoisotopic (exact) mass is 382 g/mol. The zero-order valence-corrected chi connectivity index (χ0v) is 16.4. The van der Waals surface area contributed by atoms with E-state index in [4.69, 9.17) is 0 Å². The number of rotatable bonds is 5. The summed E-state index contributed by atoms with van der Waals surface area (Å²) in [7, 11) is 1.81. The third-order valence-corrected chi connectivity index (χ3v) is 5.13. The summed E-state index contributed by atoms with van der Waals surface area (Å²) in [4.78, 5) is 23.3. The number of nitrogens with zero attached hydrogens (tertiary/aromatic N) is 4. The van der Waals surface area contributed by atoms with Gasteiger partial charge in [-0.25, -0.2) is 4.98 Å². The first-order chi connectivity index (χ1) is 14.1. The van der Waals surface area contributed by atoms with Crippen LogP contribution in [0, 0.1) is 0 Å². The predicted octanol–water partition coefficient (Wildman–Crippen LogP) is 4.77. The standard InChI is InChI=1S/C24H22N4O/c1-18(21-7-6-14-25-15-21)27(2)24(29)20-12-10-19(11-13-20)23-16-28(17-26-23)22-8-4-3-5-9-22/h3-18H,1-2H3. The van der Waals surface area contributed by atoms with Gasteiger partial charge in [-0.2, -0.15) is 0 Å². The van der Waals surface area contributed by atoms with E-state index in [0.29, 0.717) is 5.56 Å². The molecule has 29 heavy (non-hydrogen) atoms. The van der Waals surface area contributed by atoms with Crippen molar-refractivity contribution in [3.05, 3.63) is 103 Å². The maximum Gasteiger partial charge on any atom is 0.254 e. The third kappa shape index (κ3) is 3.94. The molecular weight excluding hydrogens is 360 g/mol. The van der Waals surface area contributed by atoms with Gasteiger partial charge in [-0.05, 0) is 42.8 Å². The van der Waals surface area contributed by atoms with Gasteiger partial charge >= 0.3 is 0 Å². The van der Waals surface area contributed by atoms with E-state index in [0.717, 1.165) is 22.5 Å². The first kappa shape index (κ1) is 18.6. The van der Waals surface area contributed by atoms with Crippen molar-refractivity contribution in [1.29, 1.82) is 0 Å². The second-order valence-corrected chi connectivity index (χ2v) is 6.96. The molecule has 5 nitrogen and oxygen atoms in total. The molecular formula is C24H22N4O. The minimum Gasteiger partial charge on any atom is -0.335 e. The number of carbonyl (C=O) groups excluding carboxylic acids is 1. The summed E-state index contributed by atoms with van der Waals surface area (Å²) >= 11 is 0. The van der Waals surface area contributed by atoms with Crippen LogP contribution >= 0.6 is 0 Å². The van der Waals surface area contributed by atoms with Crippen LogP contribution in [0.3, 0.4) is 0 Å². The van der Waals surface area contributed by atoms with Gasteiger partial charge in [0.05, 0.1) is 18.1 Å². The number of imidazole rings is 1. The van der Waals surface area contributed by atoms with Crippen molar-refractivity contribution in [3.8, 4) is 16.9 Å². The first-order valence-corrected chi connectivity index (χ1v) is 9.50. The Morgan fingerprint density at radius 1 is 1.00 bits per heavy atom. The van der Waals surface area contributed by atoms with E-state index in [2.05, 4.69) is 9.97 Å². The molecule has 0 radical (unpaired) electrons. The fraction of sp³-hybridized carbons (Fsp3) is 0.125. The maximum absolute atomic E-state index is 12.9.